The van der Waals surface area contributed by atoms with E-state index in [9.17, 15) is 0 Å². The molecule has 182 valence electrons. The highest BCUT2D eigenvalue weighted by Gasteiger charge is 2.32. The van der Waals surface area contributed by atoms with Gasteiger partial charge in [-0.2, -0.15) is 5.10 Å². The van der Waals surface area contributed by atoms with Crippen molar-refractivity contribution < 1.29 is 0 Å². The summed E-state index contributed by atoms with van der Waals surface area (Å²) in [6, 6.07) is 34.9. The van der Waals surface area contributed by atoms with Gasteiger partial charge in [0.05, 0.1) is 23.0 Å². The van der Waals surface area contributed by atoms with Crippen LogP contribution in [0.25, 0.3) is 22.2 Å². The first-order valence-electron chi connectivity index (χ1n) is 12.3. The molecule has 0 saturated carbocycles. The molecule has 0 amide bonds. The predicted octanol–water partition coefficient (Wildman–Crippen LogP) is 7.37. The van der Waals surface area contributed by atoms with Gasteiger partial charge >= 0.3 is 0 Å². The maximum Gasteiger partial charge on any atom is 0.247 e. The van der Waals surface area contributed by atoms with Crippen molar-refractivity contribution in [2.24, 2.45) is 5.10 Å². The fourth-order valence-electron chi connectivity index (χ4n) is 4.76. The number of hydrogen-bond acceptors (Lipinski definition) is 5. The average Bonchev–Trinajstić information content (AvgIpc) is 3.39. The second-order valence-electron chi connectivity index (χ2n) is 9.36. The fraction of sp³-hybridized carbons (Fsp3) is 0.129. The van der Waals surface area contributed by atoms with E-state index in [1.165, 1.54) is 5.56 Å². The lowest BCUT2D eigenvalue weighted by Crippen LogP contribution is -2.21. The van der Waals surface area contributed by atoms with Crippen molar-refractivity contribution in [1.29, 1.82) is 0 Å². The third-order valence-electron chi connectivity index (χ3n) is 6.71. The van der Waals surface area contributed by atoms with E-state index in [0.29, 0.717) is 11.0 Å². The van der Waals surface area contributed by atoms with Crippen molar-refractivity contribution in [1.82, 2.24) is 9.97 Å². The molecule has 1 unspecified atom stereocenters. The number of hydrogen-bond donors (Lipinski definition) is 0. The highest BCUT2D eigenvalue weighted by Crippen LogP contribution is 2.38. The van der Waals surface area contributed by atoms with Crippen LogP contribution in [0.1, 0.15) is 23.6 Å². The van der Waals surface area contributed by atoms with Gasteiger partial charge < -0.3 is 4.90 Å². The molecule has 0 fully saturated rings. The van der Waals surface area contributed by atoms with Crippen LogP contribution in [-0.4, -0.2) is 29.8 Å². The Morgan fingerprint density at radius 1 is 0.784 bits per heavy atom. The van der Waals surface area contributed by atoms with Crippen molar-refractivity contribution in [3.05, 3.63) is 119 Å². The van der Waals surface area contributed by atoms with Gasteiger partial charge in [0.1, 0.15) is 0 Å². The summed E-state index contributed by atoms with van der Waals surface area (Å²) >= 11 is 6.38. The molecular formula is C31H26ClN5. The summed E-state index contributed by atoms with van der Waals surface area (Å²) in [6.07, 6.45) is 0.758. The summed E-state index contributed by atoms with van der Waals surface area (Å²) in [5.41, 5.74) is 7.13. The van der Waals surface area contributed by atoms with E-state index < -0.39 is 0 Å². The Labute approximate surface area is 221 Å². The molecule has 4 aromatic carbocycles. The van der Waals surface area contributed by atoms with Crippen molar-refractivity contribution >= 4 is 39.9 Å². The fourth-order valence-corrected chi connectivity index (χ4v) is 4.93. The van der Waals surface area contributed by atoms with Crippen LogP contribution in [0.3, 0.4) is 0 Å². The molecule has 5 aromatic rings. The zero-order chi connectivity index (χ0) is 25.4. The van der Waals surface area contributed by atoms with Crippen LogP contribution in [0.15, 0.2) is 108 Å². The molecule has 6 rings (SSSR count). The largest absolute Gasteiger partial charge is 0.378 e. The van der Waals surface area contributed by atoms with Gasteiger partial charge in [0.25, 0.3) is 0 Å². The van der Waals surface area contributed by atoms with E-state index >= 15 is 0 Å². The zero-order valence-corrected chi connectivity index (χ0v) is 21.5. The molecule has 1 atom stereocenters. The van der Waals surface area contributed by atoms with Crippen LogP contribution in [-0.2, 0) is 0 Å². The summed E-state index contributed by atoms with van der Waals surface area (Å²) in [4.78, 5) is 12.2. The molecule has 0 aliphatic carbocycles. The van der Waals surface area contributed by atoms with Crippen LogP contribution in [0.2, 0.25) is 5.02 Å². The number of benzene rings is 4. The number of aromatic nitrogens is 2. The van der Waals surface area contributed by atoms with E-state index in [1.54, 1.807) is 0 Å². The highest BCUT2D eigenvalue weighted by atomic mass is 35.5. The number of halogens is 1. The first-order chi connectivity index (χ1) is 18.1. The van der Waals surface area contributed by atoms with Gasteiger partial charge in [0.15, 0.2) is 0 Å². The normalized spacial score (nSPS) is 15.2. The lowest BCUT2D eigenvalue weighted by atomic mass is 9.98. The molecule has 5 nitrogen and oxygen atoms in total. The van der Waals surface area contributed by atoms with Crippen LogP contribution in [0.4, 0.5) is 11.6 Å². The second kappa shape index (κ2) is 9.68. The van der Waals surface area contributed by atoms with Gasteiger partial charge in [0, 0.05) is 42.2 Å². The third kappa shape index (κ3) is 4.54. The van der Waals surface area contributed by atoms with Crippen molar-refractivity contribution in [2.45, 2.75) is 12.5 Å². The Kier molecular flexibility index (Phi) is 6.07. The summed E-state index contributed by atoms with van der Waals surface area (Å²) in [6.45, 7) is 0. The number of rotatable bonds is 5. The van der Waals surface area contributed by atoms with E-state index in [0.717, 1.165) is 45.5 Å². The maximum absolute atomic E-state index is 6.38. The van der Waals surface area contributed by atoms with Gasteiger partial charge in [-0.25, -0.2) is 15.0 Å². The van der Waals surface area contributed by atoms with Crippen molar-refractivity contribution in [2.75, 3.05) is 24.0 Å². The Morgan fingerprint density at radius 3 is 2.14 bits per heavy atom. The van der Waals surface area contributed by atoms with Gasteiger partial charge in [-0.05, 0) is 41.5 Å². The van der Waals surface area contributed by atoms with Gasteiger partial charge in [-0.15, -0.1) is 0 Å². The highest BCUT2D eigenvalue weighted by molar-refractivity contribution is 6.31. The van der Waals surface area contributed by atoms with Crippen LogP contribution < -0.4 is 9.91 Å². The minimum atomic E-state index is -0.0280. The lowest BCUT2D eigenvalue weighted by Gasteiger charge is -2.23. The maximum atomic E-state index is 6.38. The molecule has 0 bridgehead atoms. The van der Waals surface area contributed by atoms with Crippen molar-refractivity contribution in [3.63, 3.8) is 0 Å². The average molecular weight is 504 g/mol. The topological polar surface area (TPSA) is 44.6 Å². The van der Waals surface area contributed by atoms with Gasteiger partial charge in [-0.1, -0.05) is 84.4 Å². The lowest BCUT2D eigenvalue weighted by molar-refractivity contribution is 0.689. The second-order valence-corrected chi connectivity index (χ2v) is 9.80. The minimum Gasteiger partial charge on any atom is -0.378 e. The standard InChI is InChI=1S/C31H26ClN5/c1-36(2)25-16-13-22(14-17-25)29-20-28(21-9-5-3-6-10-21)35-37(29)31-33-27-18-15-24(32)19-26(27)30(34-31)23-11-7-4-8-12-23/h3-19,29H,20H2,1-2H3. The molecular weight excluding hydrogens is 478 g/mol. The van der Waals surface area contributed by atoms with E-state index in [1.807, 2.05) is 73.7 Å². The summed E-state index contributed by atoms with van der Waals surface area (Å²) in [5, 5.41) is 8.65. The molecule has 0 radical (unpaired) electrons. The Morgan fingerprint density at radius 2 is 1.46 bits per heavy atom. The Bertz CT molecular complexity index is 1580. The first-order valence-corrected chi connectivity index (χ1v) is 12.7. The molecule has 0 spiro atoms. The summed E-state index contributed by atoms with van der Waals surface area (Å²) in [5.74, 6) is 0.571. The molecule has 0 saturated heterocycles. The van der Waals surface area contributed by atoms with Crippen molar-refractivity contribution in [3.8, 4) is 11.3 Å². The predicted molar refractivity (Wildman–Crippen MR) is 154 cm³/mol. The number of nitrogens with zero attached hydrogens (tertiary/aromatic N) is 5. The molecule has 0 N–H and O–H groups in total. The van der Waals surface area contributed by atoms with Crippen LogP contribution in [0, 0.1) is 0 Å². The van der Waals surface area contributed by atoms with E-state index in [-0.39, 0.29) is 6.04 Å². The SMILES string of the molecule is CN(C)c1ccc(C2CC(c3ccccc3)=NN2c2nc(-c3ccccc3)c3cc(Cl)ccc3n2)cc1. The van der Waals surface area contributed by atoms with E-state index in [2.05, 4.69) is 53.4 Å². The molecule has 1 aromatic heterocycles. The number of hydrazone groups is 1. The smallest absolute Gasteiger partial charge is 0.247 e. The summed E-state index contributed by atoms with van der Waals surface area (Å²) < 4.78 is 0. The zero-order valence-electron chi connectivity index (χ0n) is 20.7. The van der Waals surface area contributed by atoms with Crippen LogP contribution >= 0.6 is 11.6 Å². The first kappa shape index (κ1) is 23.2. The van der Waals surface area contributed by atoms with E-state index in [4.69, 9.17) is 26.7 Å². The third-order valence-corrected chi connectivity index (χ3v) is 6.94. The van der Waals surface area contributed by atoms with Crippen LogP contribution in [0.5, 0.6) is 0 Å². The number of anilines is 2. The molecule has 1 aliphatic rings. The quantitative estimate of drug-likeness (QED) is 0.251. The van der Waals surface area contributed by atoms with Gasteiger partial charge in [-0.3, -0.25) is 0 Å². The molecule has 2 heterocycles. The number of fused-ring (bicyclic) bond motifs is 1. The summed E-state index contributed by atoms with van der Waals surface area (Å²) in [7, 11) is 4.10. The Balaban J connectivity index is 1.51. The Hall–Kier alpha value is -4.22. The minimum absolute atomic E-state index is 0.0280. The molecule has 1 aliphatic heterocycles. The molecule has 6 heteroatoms. The van der Waals surface area contributed by atoms with Gasteiger partial charge in [0.2, 0.25) is 5.95 Å². The monoisotopic (exact) mass is 503 g/mol. The molecule has 37 heavy (non-hydrogen) atoms.